The summed E-state index contributed by atoms with van der Waals surface area (Å²) in [6.07, 6.45) is 3.11. The van der Waals surface area contributed by atoms with Crippen LogP contribution in [-0.2, 0) is 4.79 Å². The first-order chi connectivity index (χ1) is 16.8. The zero-order chi connectivity index (χ0) is 25.0. The van der Waals surface area contributed by atoms with Crippen LogP contribution < -0.4 is 10.1 Å². The number of carbonyl (C=O) groups excluding carboxylic acids is 1. The number of ether oxygens (including phenoxy) is 1. The summed E-state index contributed by atoms with van der Waals surface area (Å²) >= 11 is 0. The molecule has 1 heterocycles. The maximum Gasteiger partial charge on any atom is 0.225 e. The fourth-order valence-corrected chi connectivity index (χ4v) is 4.04. The van der Waals surface area contributed by atoms with Gasteiger partial charge in [-0.1, -0.05) is 64.4 Å². The van der Waals surface area contributed by atoms with E-state index >= 15 is 0 Å². The van der Waals surface area contributed by atoms with Crippen molar-refractivity contribution in [1.29, 1.82) is 0 Å². The Labute approximate surface area is 205 Å². The number of fused-ring (bicyclic) bond motifs is 1. The zero-order valence-corrected chi connectivity index (χ0v) is 20.7. The van der Waals surface area contributed by atoms with E-state index in [0.29, 0.717) is 5.75 Å². The van der Waals surface area contributed by atoms with E-state index in [2.05, 4.69) is 17.3 Å². The smallest absolute Gasteiger partial charge is 0.225 e. The Morgan fingerprint density at radius 1 is 1.06 bits per heavy atom. The number of halogens is 1. The second-order valence-corrected chi connectivity index (χ2v) is 9.82. The van der Waals surface area contributed by atoms with Crippen molar-refractivity contribution in [3.63, 3.8) is 0 Å². The minimum atomic E-state index is -0.499. The summed E-state index contributed by atoms with van der Waals surface area (Å²) in [6, 6.07) is 21.9. The first kappa shape index (κ1) is 24.5. The van der Waals surface area contributed by atoms with Crippen molar-refractivity contribution in [2.45, 2.75) is 52.7 Å². The Morgan fingerprint density at radius 3 is 2.43 bits per heavy atom. The van der Waals surface area contributed by atoms with Crippen LogP contribution in [0.3, 0.4) is 0 Å². The first-order valence-corrected chi connectivity index (χ1v) is 12.0. The van der Waals surface area contributed by atoms with Gasteiger partial charge in [0.25, 0.3) is 0 Å². The summed E-state index contributed by atoms with van der Waals surface area (Å²) in [7, 11) is 0. The maximum atomic E-state index is 13.3. The number of amides is 1. The van der Waals surface area contributed by atoms with E-state index in [1.54, 1.807) is 23.0 Å². The topological polar surface area (TPSA) is 56.1 Å². The van der Waals surface area contributed by atoms with Crippen LogP contribution in [0, 0.1) is 11.2 Å². The minimum Gasteiger partial charge on any atom is -0.484 e. The Hall–Kier alpha value is -3.67. The Bertz CT molecular complexity index is 1280. The molecule has 0 aliphatic carbocycles. The maximum absolute atomic E-state index is 13.3. The predicted molar refractivity (Wildman–Crippen MR) is 137 cm³/mol. The van der Waals surface area contributed by atoms with Gasteiger partial charge in [0.05, 0.1) is 23.4 Å². The van der Waals surface area contributed by atoms with Gasteiger partial charge in [-0.2, -0.15) is 5.10 Å². The molecule has 4 rings (SSSR count). The van der Waals surface area contributed by atoms with Crippen molar-refractivity contribution in [1.82, 2.24) is 15.1 Å². The number of carbonyl (C=O) groups is 1. The van der Waals surface area contributed by atoms with Crippen molar-refractivity contribution in [2.24, 2.45) is 5.41 Å². The van der Waals surface area contributed by atoms with Crippen molar-refractivity contribution in [3.05, 3.63) is 90.4 Å². The third-order valence-electron chi connectivity index (χ3n) is 5.96. The quantitative estimate of drug-likeness (QED) is 0.313. The summed E-state index contributed by atoms with van der Waals surface area (Å²) in [4.78, 5) is 12.9. The molecular weight excluding hydrogens is 441 g/mol. The third kappa shape index (κ3) is 5.70. The molecule has 1 N–H and O–H groups in total. The van der Waals surface area contributed by atoms with Gasteiger partial charge < -0.3 is 10.1 Å². The van der Waals surface area contributed by atoms with E-state index in [-0.39, 0.29) is 23.9 Å². The van der Waals surface area contributed by atoms with E-state index < -0.39 is 5.41 Å². The monoisotopic (exact) mass is 473 g/mol. The van der Waals surface area contributed by atoms with Gasteiger partial charge in [0.15, 0.2) is 0 Å². The molecule has 2 unspecified atom stereocenters. The lowest BCUT2D eigenvalue weighted by molar-refractivity contribution is -0.130. The molecule has 0 saturated heterocycles. The highest BCUT2D eigenvalue weighted by Crippen LogP contribution is 2.31. The minimum absolute atomic E-state index is 0.00323. The summed E-state index contributed by atoms with van der Waals surface area (Å²) in [6.45, 7) is 7.84. The second kappa shape index (κ2) is 10.3. The Balaban J connectivity index is 1.66. The van der Waals surface area contributed by atoms with Crippen LogP contribution in [-0.4, -0.2) is 21.7 Å². The van der Waals surface area contributed by atoms with Crippen LogP contribution in [0.4, 0.5) is 4.39 Å². The zero-order valence-electron chi connectivity index (χ0n) is 20.7. The van der Waals surface area contributed by atoms with E-state index in [4.69, 9.17) is 4.74 Å². The molecule has 4 aromatic rings. The lowest BCUT2D eigenvalue weighted by Crippen LogP contribution is -2.45. The van der Waals surface area contributed by atoms with Crippen molar-refractivity contribution >= 4 is 16.8 Å². The van der Waals surface area contributed by atoms with Crippen molar-refractivity contribution < 1.29 is 13.9 Å². The molecule has 2 atom stereocenters. The van der Waals surface area contributed by atoms with Gasteiger partial charge in [0, 0.05) is 10.8 Å². The highest BCUT2D eigenvalue weighted by molar-refractivity contribution is 5.82. The second-order valence-electron chi connectivity index (χ2n) is 9.82. The average Bonchev–Trinajstić information content (AvgIpc) is 3.26. The first-order valence-electron chi connectivity index (χ1n) is 12.0. The van der Waals surface area contributed by atoms with E-state index in [0.717, 1.165) is 35.0 Å². The van der Waals surface area contributed by atoms with E-state index in [1.807, 2.05) is 69.3 Å². The van der Waals surface area contributed by atoms with Gasteiger partial charge in [-0.05, 0) is 54.4 Å². The molecule has 182 valence electrons. The van der Waals surface area contributed by atoms with Gasteiger partial charge in [-0.3, -0.25) is 4.79 Å². The molecule has 35 heavy (non-hydrogen) atoms. The summed E-state index contributed by atoms with van der Waals surface area (Å²) in [5, 5.41) is 8.63. The van der Waals surface area contributed by atoms with Crippen LogP contribution in [0.25, 0.3) is 16.6 Å². The van der Waals surface area contributed by atoms with Gasteiger partial charge in [0.1, 0.15) is 17.7 Å². The van der Waals surface area contributed by atoms with E-state index in [1.165, 1.54) is 12.1 Å². The molecule has 6 heteroatoms. The number of benzene rings is 3. The lowest BCUT2D eigenvalue weighted by Gasteiger charge is -2.31. The molecule has 3 aromatic carbocycles. The van der Waals surface area contributed by atoms with Crippen LogP contribution in [0.2, 0.25) is 0 Å². The number of hydrogen-bond donors (Lipinski definition) is 1. The SMILES string of the molecule is CCCC(NC(=O)C(C)(C)C)C(Oc1ccc2c(cnn2-c2ccc(F)cc2)c1)c1ccccc1. The van der Waals surface area contributed by atoms with Crippen LogP contribution in [0.1, 0.15) is 52.2 Å². The molecule has 1 amide bonds. The molecule has 5 nitrogen and oxygen atoms in total. The van der Waals surface area contributed by atoms with Gasteiger partial charge in [-0.25, -0.2) is 9.07 Å². The number of aromatic nitrogens is 2. The molecule has 0 aliphatic heterocycles. The van der Waals surface area contributed by atoms with Crippen molar-refractivity contribution in [3.8, 4) is 11.4 Å². The molecule has 0 saturated carbocycles. The molecule has 0 radical (unpaired) electrons. The van der Waals surface area contributed by atoms with Gasteiger partial charge in [0.2, 0.25) is 5.91 Å². The highest BCUT2D eigenvalue weighted by Gasteiger charge is 2.30. The molecule has 0 aliphatic rings. The standard InChI is InChI=1S/C29H32FN3O2/c1-5-9-25(32-28(34)29(2,3)4)27(20-10-7-6-8-11-20)35-24-16-17-26-21(18-24)19-31-33(26)23-14-12-22(30)13-15-23/h6-8,10-19,25,27H,5,9H2,1-4H3,(H,32,34). The van der Waals surface area contributed by atoms with Gasteiger partial charge >= 0.3 is 0 Å². The summed E-state index contributed by atoms with van der Waals surface area (Å²) in [5.74, 6) is 0.403. The van der Waals surface area contributed by atoms with Crippen LogP contribution >= 0.6 is 0 Å². The van der Waals surface area contributed by atoms with Crippen LogP contribution in [0.5, 0.6) is 5.75 Å². The number of hydrogen-bond acceptors (Lipinski definition) is 3. The molecule has 1 aromatic heterocycles. The molecule has 0 fully saturated rings. The summed E-state index contributed by atoms with van der Waals surface area (Å²) < 4.78 is 21.7. The normalized spacial score (nSPS) is 13.4. The number of nitrogens with one attached hydrogen (secondary N) is 1. The third-order valence-corrected chi connectivity index (χ3v) is 5.96. The highest BCUT2D eigenvalue weighted by atomic mass is 19.1. The predicted octanol–water partition coefficient (Wildman–Crippen LogP) is 6.62. The molecule has 0 spiro atoms. The molecular formula is C29H32FN3O2. The van der Waals surface area contributed by atoms with Crippen LogP contribution in [0.15, 0.2) is 79.0 Å². The lowest BCUT2D eigenvalue weighted by atomic mass is 9.92. The number of rotatable bonds is 8. The fraction of sp³-hybridized carbons (Fsp3) is 0.310. The van der Waals surface area contributed by atoms with Crippen molar-refractivity contribution in [2.75, 3.05) is 0 Å². The fourth-order valence-electron chi connectivity index (χ4n) is 4.04. The van der Waals surface area contributed by atoms with Gasteiger partial charge in [-0.15, -0.1) is 0 Å². The Kier molecular flexibility index (Phi) is 7.20. The number of nitrogens with zero attached hydrogens (tertiary/aromatic N) is 2. The average molecular weight is 474 g/mol. The largest absolute Gasteiger partial charge is 0.484 e. The van der Waals surface area contributed by atoms with E-state index in [9.17, 15) is 9.18 Å². The Morgan fingerprint density at radius 2 is 1.77 bits per heavy atom. The summed E-state index contributed by atoms with van der Waals surface area (Å²) in [5.41, 5.74) is 2.18. The molecule has 0 bridgehead atoms.